The number of halogens is 2. The highest BCUT2D eigenvalue weighted by Crippen LogP contribution is 2.31. The van der Waals surface area contributed by atoms with Crippen molar-refractivity contribution in [3.05, 3.63) is 83.6 Å². The van der Waals surface area contributed by atoms with Crippen molar-refractivity contribution in [2.45, 2.75) is 32.5 Å². The van der Waals surface area contributed by atoms with E-state index in [1.807, 2.05) is 18.9 Å². The van der Waals surface area contributed by atoms with E-state index in [2.05, 4.69) is 4.98 Å². The van der Waals surface area contributed by atoms with Crippen molar-refractivity contribution in [1.82, 2.24) is 14.8 Å². The first kappa shape index (κ1) is 25.7. The minimum absolute atomic E-state index is 0.104. The Kier molecular flexibility index (Phi) is 7.96. The van der Waals surface area contributed by atoms with E-state index < -0.39 is 11.9 Å². The SMILES string of the molecule is C[C@H]1CN([C@@H](C)CO)C(=O)c2cc(-c3ccccc3F)cnc2O[C@@H]1CN(C)Cc1ccccc1F. The van der Waals surface area contributed by atoms with Crippen molar-refractivity contribution in [1.29, 1.82) is 0 Å². The van der Waals surface area contributed by atoms with Crippen LogP contribution in [-0.4, -0.2) is 64.7 Å². The average molecular weight is 496 g/mol. The smallest absolute Gasteiger partial charge is 0.259 e. The number of nitrogens with zero attached hydrogens (tertiary/aromatic N) is 3. The van der Waals surface area contributed by atoms with Gasteiger partial charge in [0, 0.05) is 48.4 Å². The zero-order valence-electron chi connectivity index (χ0n) is 20.7. The summed E-state index contributed by atoms with van der Waals surface area (Å²) in [6.45, 7) is 4.75. The van der Waals surface area contributed by atoms with Gasteiger partial charge in [-0.3, -0.25) is 9.69 Å². The molecule has 2 heterocycles. The van der Waals surface area contributed by atoms with E-state index in [0.717, 1.165) is 0 Å². The molecule has 2 aromatic carbocycles. The summed E-state index contributed by atoms with van der Waals surface area (Å²) in [7, 11) is 1.89. The lowest BCUT2D eigenvalue weighted by atomic mass is 9.99. The van der Waals surface area contributed by atoms with Gasteiger partial charge in [0.05, 0.1) is 12.6 Å². The Morgan fingerprint density at radius 3 is 2.53 bits per heavy atom. The molecule has 36 heavy (non-hydrogen) atoms. The lowest BCUT2D eigenvalue weighted by Gasteiger charge is -2.37. The third-order valence-electron chi connectivity index (χ3n) is 6.60. The summed E-state index contributed by atoms with van der Waals surface area (Å²) in [6, 6.07) is 14.1. The van der Waals surface area contributed by atoms with E-state index in [1.54, 1.807) is 54.3 Å². The zero-order chi connectivity index (χ0) is 25.8. The summed E-state index contributed by atoms with van der Waals surface area (Å²) in [5, 5.41) is 9.84. The van der Waals surface area contributed by atoms with Crippen LogP contribution < -0.4 is 4.74 Å². The quantitative estimate of drug-likeness (QED) is 0.527. The molecule has 0 aliphatic carbocycles. The second-order valence-electron chi connectivity index (χ2n) is 9.47. The van der Waals surface area contributed by atoms with E-state index in [4.69, 9.17) is 4.74 Å². The minimum atomic E-state index is -0.431. The first-order valence-corrected chi connectivity index (χ1v) is 12.0. The predicted molar refractivity (Wildman–Crippen MR) is 134 cm³/mol. The molecule has 3 aromatic rings. The first-order valence-electron chi connectivity index (χ1n) is 12.0. The molecule has 8 heteroatoms. The van der Waals surface area contributed by atoms with Gasteiger partial charge in [0.15, 0.2) is 0 Å². The largest absolute Gasteiger partial charge is 0.472 e. The number of rotatable bonds is 7. The van der Waals surface area contributed by atoms with Crippen molar-refractivity contribution >= 4 is 5.91 Å². The Morgan fingerprint density at radius 2 is 1.83 bits per heavy atom. The van der Waals surface area contributed by atoms with Crippen molar-refractivity contribution in [2.75, 3.05) is 26.7 Å². The Labute approximate surface area is 210 Å². The Balaban J connectivity index is 1.67. The normalized spacial score (nSPS) is 18.9. The highest BCUT2D eigenvalue weighted by Gasteiger charge is 2.34. The molecule has 0 saturated carbocycles. The topological polar surface area (TPSA) is 65.9 Å². The van der Waals surface area contributed by atoms with Crippen LogP contribution in [0.1, 0.15) is 29.8 Å². The van der Waals surface area contributed by atoms with Gasteiger partial charge >= 0.3 is 0 Å². The molecule has 1 amide bonds. The molecule has 1 aromatic heterocycles. The fraction of sp³-hybridized carbons (Fsp3) is 0.357. The van der Waals surface area contributed by atoms with Crippen molar-refractivity contribution in [3.63, 3.8) is 0 Å². The molecule has 3 atom stereocenters. The van der Waals surface area contributed by atoms with Gasteiger partial charge in [-0.15, -0.1) is 0 Å². The van der Waals surface area contributed by atoms with Crippen LogP contribution in [0.15, 0.2) is 60.8 Å². The van der Waals surface area contributed by atoms with Gasteiger partial charge in [0.1, 0.15) is 23.3 Å². The molecule has 0 radical (unpaired) electrons. The second-order valence-corrected chi connectivity index (χ2v) is 9.47. The van der Waals surface area contributed by atoms with Gasteiger partial charge in [0.2, 0.25) is 5.88 Å². The molecular formula is C28H31F2N3O3. The number of hydrogen-bond donors (Lipinski definition) is 1. The maximum atomic E-state index is 14.5. The number of aromatic nitrogens is 1. The highest BCUT2D eigenvalue weighted by molar-refractivity contribution is 5.98. The van der Waals surface area contributed by atoms with E-state index >= 15 is 0 Å². The van der Waals surface area contributed by atoms with E-state index in [0.29, 0.717) is 36.3 Å². The maximum absolute atomic E-state index is 14.5. The fourth-order valence-corrected chi connectivity index (χ4v) is 4.45. The van der Waals surface area contributed by atoms with E-state index in [9.17, 15) is 18.7 Å². The van der Waals surface area contributed by atoms with Gasteiger partial charge in [0.25, 0.3) is 5.91 Å². The van der Waals surface area contributed by atoms with Crippen LogP contribution in [0.5, 0.6) is 5.88 Å². The third kappa shape index (κ3) is 5.55. The number of pyridine rings is 1. The molecule has 1 aliphatic rings. The minimum Gasteiger partial charge on any atom is -0.472 e. The fourth-order valence-electron chi connectivity index (χ4n) is 4.45. The van der Waals surface area contributed by atoms with Crippen LogP contribution in [0.25, 0.3) is 11.1 Å². The molecule has 0 spiro atoms. The van der Waals surface area contributed by atoms with E-state index in [-0.39, 0.29) is 41.8 Å². The van der Waals surface area contributed by atoms with E-state index in [1.165, 1.54) is 18.3 Å². The lowest BCUT2D eigenvalue weighted by Crippen LogP contribution is -2.49. The molecule has 1 aliphatic heterocycles. The third-order valence-corrected chi connectivity index (χ3v) is 6.60. The predicted octanol–water partition coefficient (Wildman–Crippen LogP) is 4.38. The summed E-state index contributed by atoms with van der Waals surface area (Å²) in [6.07, 6.45) is 1.13. The molecular weight excluding hydrogens is 464 g/mol. The van der Waals surface area contributed by atoms with Crippen LogP contribution in [-0.2, 0) is 6.54 Å². The molecule has 0 bridgehead atoms. The number of benzene rings is 2. The monoisotopic (exact) mass is 495 g/mol. The molecule has 6 nitrogen and oxygen atoms in total. The summed E-state index contributed by atoms with van der Waals surface area (Å²) >= 11 is 0. The summed E-state index contributed by atoms with van der Waals surface area (Å²) in [4.78, 5) is 21.6. The molecule has 4 rings (SSSR count). The van der Waals surface area contributed by atoms with Crippen LogP contribution in [0.2, 0.25) is 0 Å². The van der Waals surface area contributed by atoms with Gasteiger partial charge in [-0.25, -0.2) is 13.8 Å². The van der Waals surface area contributed by atoms with Gasteiger partial charge in [-0.1, -0.05) is 43.3 Å². The van der Waals surface area contributed by atoms with Gasteiger partial charge < -0.3 is 14.7 Å². The number of likely N-dealkylation sites (N-methyl/N-ethyl adjacent to an activating group) is 1. The number of ether oxygens (including phenoxy) is 1. The molecule has 0 saturated heterocycles. The van der Waals surface area contributed by atoms with Crippen molar-refractivity contribution < 1.29 is 23.4 Å². The summed E-state index contributed by atoms with van der Waals surface area (Å²) in [5.41, 5.74) is 1.59. The number of carbonyl (C=O) groups excluding carboxylic acids is 1. The number of aliphatic hydroxyl groups excluding tert-OH is 1. The van der Waals surface area contributed by atoms with Gasteiger partial charge in [-0.05, 0) is 32.2 Å². The molecule has 0 unspecified atom stereocenters. The molecule has 1 N–H and O–H groups in total. The van der Waals surface area contributed by atoms with Crippen molar-refractivity contribution in [3.8, 4) is 17.0 Å². The van der Waals surface area contributed by atoms with Crippen LogP contribution in [0.4, 0.5) is 8.78 Å². The molecule has 190 valence electrons. The second kappa shape index (κ2) is 11.1. The zero-order valence-corrected chi connectivity index (χ0v) is 20.7. The summed E-state index contributed by atoms with van der Waals surface area (Å²) < 4.78 is 34.9. The standard InChI is InChI=1S/C28H31F2N3O3/c1-18-14-33(19(2)17-34)28(35)23-12-21(22-9-5-7-11-25(22)30)13-31-27(23)36-26(18)16-32(3)15-20-8-4-6-10-24(20)29/h4-13,18-19,26,34H,14-17H2,1-3H3/t18-,19-,26+/m0/s1. The Hall–Kier alpha value is -3.36. The van der Waals surface area contributed by atoms with Crippen LogP contribution in [0.3, 0.4) is 0 Å². The first-order chi connectivity index (χ1) is 17.3. The summed E-state index contributed by atoms with van der Waals surface area (Å²) in [5.74, 6) is -0.960. The number of amides is 1. The van der Waals surface area contributed by atoms with Crippen LogP contribution >= 0.6 is 0 Å². The molecule has 0 fully saturated rings. The number of fused-ring (bicyclic) bond motifs is 1. The Morgan fingerprint density at radius 1 is 1.14 bits per heavy atom. The average Bonchev–Trinajstić information content (AvgIpc) is 2.87. The Bertz CT molecular complexity index is 1220. The highest BCUT2D eigenvalue weighted by atomic mass is 19.1. The number of aliphatic hydroxyl groups is 1. The van der Waals surface area contributed by atoms with Gasteiger partial charge in [-0.2, -0.15) is 0 Å². The number of hydrogen-bond acceptors (Lipinski definition) is 5. The van der Waals surface area contributed by atoms with Crippen LogP contribution in [0, 0.1) is 17.6 Å². The maximum Gasteiger partial charge on any atom is 0.259 e. The number of carbonyl (C=O) groups is 1. The van der Waals surface area contributed by atoms with Crippen molar-refractivity contribution in [2.24, 2.45) is 5.92 Å². The lowest BCUT2D eigenvalue weighted by molar-refractivity contribution is 0.0324.